The summed E-state index contributed by atoms with van der Waals surface area (Å²) in [5.41, 5.74) is 2.76. The summed E-state index contributed by atoms with van der Waals surface area (Å²) in [6.45, 7) is 4.50. The third-order valence-corrected chi connectivity index (χ3v) is 5.88. The van der Waals surface area contributed by atoms with E-state index in [0.717, 1.165) is 44.1 Å². The van der Waals surface area contributed by atoms with Gasteiger partial charge in [0, 0.05) is 43.9 Å². The fourth-order valence-corrected chi connectivity index (χ4v) is 3.95. The predicted molar refractivity (Wildman–Crippen MR) is 116 cm³/mol. The Hall–Kier alpha value is -2.56. The van der Waals surface area contributed by atoms with Crippen LogP contribution < -0.4 is 16.2 Å². The third-order valence-electron chi connectivity index (χ3n) is 5.88. The first-order valence-electron chi connectivity index (χ1n) is 10.3. The molecular weight excluding hydrogens is 348 g/mol. The topological polar surface area (TPSA) is 58.4 Å². The van der Waals surface area contributed by atoms with Crippen molar-refractivity contribution in [3.05, 3.63) is 70.1 Å². The molecule has 1 saturated carbocycles. The predicted octanol–water partition coefficient (Wildman–Crippen LogP) is 3.22. The average molecular weight is 381 g/mol. The summed E-state index contributed by atoms with van der Waals surface area (Å²) < 4.78 is 1.84. The Morgan fingerprint density at radius 3 is 2.50 bits per heavy atom. The highest BCUT2D eigenvalue weighted by atomic mass is 16.1. The molecule has 0 unspecified atom stereocenters. The minimum Gasteiger partial charge on any atom is -0.356 e. The van der Waals surface area contributed by atoms with Crippen LogP contribution in [-0.4, -0.2) is 30.7 Å². The van der Waals surface area contributed by atoms with Gasteiger partial charge in [-0.05, 0) is 44.2 Å². The van der Waals surface area contributed by atoms with Gasteiger partial charge in [0.1, 0.15) is 0 Å². The number of unbranched alkanes of at least 4 members (excludes halogenated alkanes) is 1. The van der Waals surface area contributed by atoms with Crippen LogP contribution in [-0.2, 0) is 12.0 Å². The van der Waals surface area contributed by atoms with Crippen molar-refractivity contribution in [1.29, 1.82) is 0 Å². The van der Waals surface area contributed by atoms with E-state index in [0.29, 0.717) is 0 Å². The highest BCUT2D eigenvalue weighted by Crippen LogP contribution is 2.43. The zero-order chi connectivity index (χ0) is 19.8. The molecule has 5 nitrogen and oxygen atoms in total. The lowest BCUT2D eigenvalue weighted by Gasteiger charge is -2.43. The van der Waals surface area contributed by atoms with Gasteiger partial charge in [-0.2, -0.15) is 0 Å². The van der Waals surface area contributed by atoms with Crippen molar-refractivity contribution >= 4 is 5.96 Å². The third kappa shape index (κ3) is 4.83. The van der Waals surface area contributed by atoms with Gasteiger partial charge in [-0.25, -0.2) is 0 Å². The normalized spacial score (nSPS) is 15.7. The molecule has 1 aromatic heterocycles. The van der Waals surface area contributed by atoms with Crippen molar-refractivity contribution in [3.8, 4) is 0 Å². The van der Waals surface area contributed by atoms with Crippen LogP contribution >= 0.6 is 0 Å². The van der Waals surface area contributed by atoms with Gasteiger partial charge in [0.2, 0.25) is 0 Å². The number of aryl methyl sites for hydroxylation is 1. The molecule has 1 fully saturated rings. The number of guanidine groups is 1. The zero-order valence-corrected chi connectivity index (χ0v) is 17.1. The SMILES string of the molecule is CN=C(NCCCCn1c(C)cccc1=O)NCC1(c2ccccc2)CCC1. The Morgan fingerprint density at radius 1 is 1.07 bits per heavy atom. The van der Waals surface area contributed by atoms with Gasteiger partial charge in [0.25, 0.3) is 5.56 Å². The van der Waals surface area contributed by atoms with E-state index in [4.69, 9.17) is 0 Å². The fourth-order valence-electron chi connectivity index (χ4n) is 3.95. The monoisotopic (exact) mass is 380 g/mol. The van der Waals surface area contributed by atoms with E-state index in [9.17, 15) is 4.79 Å². The number of benzene rings is 1. The minimum absolute atomic E-state index is 0.0807. The molecule has 2 aromatic rings. The van der Waals surface area contributed by atoms with Gasteiger partial charge in [-0.1, -0.05) is 42.8 Å². The molecule has 28 heavy (non-hydrogen) atoms. The van der Waals surface area contributed by atoms with E-state index in [1.807, 2.05) is 30.7 Å². The number of pyridine rings is 1. The molecule has 0 amide bonds. The van der Waals surface area contributed by atoms with Crippen LogP contribution in [0.3, 0.4) is 0 Å². The summed E-state index contributed by atoms with van der Waals surface area (Å²) in [4.78, 5) is 16.3. The summed E-state index contributed by atoms with van der Waals surface area (Å²) in [6, 6.07) is 16.2. The van der Waals surface area contributed by atoms with Gasteiger partial charge >= 0.3 is 0 Å². The van der Waals surface area contributed by atoms with Crippen LogP contribution in [0.4, 0.5) is 0 Å². The summed E-state index contributed by atoms with van der Waals surface area (Å²) in [7, 11) is 1.82. The first-order valence-corrected chi connectivity index (χ1v) is 10.3. The molecule has 1 heterocycles. The zero-order valence-electron chi connectivity index (χ0n) is 17.1. The molecule has 5 heteroatoms. The lowest BCUT2D eigenvalue weighted by Crippen LogP contribution is -2.49. The second-order valence-electron chi connectivity index (χ2n) is 7.72. The Labute approximate surface area is 167 Å². The maximum absolute atomic E-state index is 11.9. The first kappa shape index (κ1) is 20.2. The molecule has 3 rings (SSSR count). The molecule has 150 valence electrons. The van der Waals surface area contributed by atoms with Crippen LogP contribution in [0.25, 0.3) is 0 Å². The highest BCUT2D eigenvalue weighted by molar-refractivity contribution is 5.79. The van der Waals surface area contributed by atoms with Crippen LogP contribution in [0.1, 0.15) is 43.4 Å². The van der Waals surface area contributed by atoms with Crippen molar-refractivity contribution in [2.45, 2.75) is 51.0 Å². The largest absolute Gasteiger partial charge is 0.356 e. The van der Waals surface area contributed by atoms with E-state index in [1.54, 1.807) is 6.07 Å². The van der Waals surface area contributed by atoms with Gasteiger partial charge < -0.3 is 15.2 Å². The van der Waals surface area contributed by atoms with Gasteiger partial charge in [-0.15, -0.1) is 0 Å². The number of nitrogens with one attached hydrogen (secondary N) is 2. The molecule has 0 spiro atoms. The molecular formula is C23H32N4O. The molecule has 1 aliphatic rings. The van der Waals surface area contributed by atoms with Crippen LogP contribution in [0, 0.1) is 6.92 Å². The number of hydrogen-bond donors (Lipinski definition) is 2. The molecule has 1 aromatic carbocycles. The lowest BCUT2D eigenvalue weighted by atomic mass is 9.64. The number of aromatic nitrogens is 1. The Balaban J connectivity index is 1.42. The number of aliphatic imine (C=N–C) groups is 1. The Bertz CT molecular complexity index is 837. The molecule has 0 aliphatic heterocycles. The lowest BCUT2D eigenvalue weighted by molar-refractivity contribution is 0.244. The minimum atomic E-state index is 0.0807. The van der Waals surface area contributed by atoms with Gasteiger partial charge in [-0.3, -0.25) is 9.79 Å². The van der Waals surface area contributed by atoms with E-state index < -0.39 is 0 Å². The van der Waals surface area contributed by atoms with Crippen LogP contribution in [0.2, 0.25) is 0 Å². The maximum Gasteiger partial charge on any atom is 0.250 e. The van der Waals surface area contributed by atoms with Gasteiger partial charge in [0.15, 0.2) is 5.96 Å². The molecule has 2 N–H and O–H groups in total. The van der Waals surface area contributed by atoms with Crippen LogP contribution in [0.5, 0.6) is 0 Å². The number of hydrogen-bond acceptors (Lipinski definition) is 2. The average Bonchev–Trinajstić information content (AvgIpc) is 2.68. The second-order valence-corrected chi connectivity index (χ2v) is 7.72. The quantitative estimate of drug-likeness (QED) is 0.420. The van der Waals surface area contributed by atoms with E-state index in [2.05, 4.69) is 46.0 Å². The van der Waals surface area contributed by atoms with E-state index in [-0.39, 0.29) is 11.0 Å². The Morgan fingerprint density at radius 2 is 1.86 bits per heavy atom. The standard InChI is InChI=1S/C23H32N4O/c1-19-10-8-13-21(28)27(19)17-7-6-16-25-22(24-2)26-18-23(14-9-15-23)20-11-4-3-5-12-20/h3-5,8,10-13H,6-7,9,14-18H2,1-2H3,(H2,24,25,26). The van der Waals surface area contributed by atoms with Crippen molar-refractivity contribution in [2.75, 3.05) is 20.1 Å². The molecule has 1 aliphatic carbocycles. The van der Waals surface area contributed by atoms with E-state index in [1.165, 1.54) is 24.8 Å². The van der Waals surface area contributed by atoms with Crippen molar-refractivity contribution in [2.24, 2.45) is 4.99 Å². The first-order chi connectivity index (χ1) is 13.6. The maximum atomic E-state index is 11.9. The smallest absolute Gasteiger partial charge is 0.250 e. The molecule has 0 saturated heterocycles. The van der Waals surface area contributed by atoms with Gasteiger partial charge in [0.05, 0.1) is 0 Å². The van der Waals surface area contributed by atoms with Crippen molar-refractivity contribution in [1.82, 2.24) is 15.2 Å². The molecule has 0 atom stereocenters. The van der Waals surface area contributed by atoms with Crippen LogP contribution in [0.15, 0.2) is 58.3 Å². The summed E-state index contributed by atoms with van der Waals surface area (Å²) in [6.07, 6.45) is 5.70. The number of rotatable bonds is 8. The summed E-state index contributed by atoms with van der Waals surface area (Å²) in [5, 5.41) is 6.93. The van der Waals surface area contributed by atoms with Crippen molar-refractivity contribution in [3.63, 3.8) is 0 Å². The summed E-state index contributed by atoms with van der Waals surface area (Å²) >= 11 is 0. The summed E-state index contributed by atoms with van der Waals surface area (Å²) in [5.74, 6) is 0.857. The molecule has 0 bridgehead atoms. The van der Waals surface area contributed by atoms with E-state index >= 15 is 0 Å². The second kappa shape index (κ2) is 9.58. The Kier molecular flexibility index (Phi) is 6.90. The van der Waals surface area contributed by atoms with Crippen molar-refractivity contribution < 1.29 is 0 Å². The number of nitrogens with zero attached hydrogens (tertiary/aromatic N) is 2. The highest BCUT2D eigenvalue weighted by Gasteiger charge is 2.38. The fraction of sp³-hybridized carbons (Fsp3) is 0.478. The molecule has 0 radical (unpaired) electrons.